The molecule has 0 aliphatic heterocycles. The smallest absolute Gasteiger partial charge is 0.266 e. The molecule has 0 aromatic heterocycles. The highest BCUT2D eigenvalue weighted by Crippen LogP contribution is 2.28. The zero-order valence-corrected chi connectivity index (χ0v) is 14.5. The predicted molar refractivity (Wildman–Crippen MR) is 99.0 cm³/mol. The summed E-state index contributed by atoms with van der Waals surface area (Å²) in [6, 6.07) is 13.1. The standard InChI is InChI=1S/C17H13F3N6.ClH/c18-17(19,20)15-7-5-14(6-8-15)11-24-26-16(22)25-23-10-13-3-1-12(9-21)2-4-13;/h1-8,10-11H,(H3,22,25,26);1H. The summed E-state index contributed by atoms with van der Waals surface area (Å²) >= 11 is 0. The normalized spacial score (nSPS) is 11.0. The van der Waals surface area contributed by atoms with Crippen LogP contribution in [0, 0.1) is 16.7 Å². The molecule has 27 heavy (non-hydrogen) atoms. The second-order valence-electron chi connectivity index (χ2n) is 4.97. The largest absolute Gasteiger partial charge is 0.416 e. The second-order valence-corrected chi connectivity index (χ2v) is 4.97. The predicted octanol–water partition coefficient (Wildman–Crippen LogP) is 3.48. The van der Waals surface area contributed by atoms with E-state index in [1.54, 1.807) is 24.3 Å². The minimum Gasteiger partial charge on any atom is -0.266 e. The van der Waals surface area contributed by atoms with Crippen LogP contribution in [0.25, 0.3) is 0 Å². The maximum Gasteiger partial charge on any atom is 0.416 e. The van der Waals surface area contributed by atoms with Crippen LogP contribution in [0.4, 0.5) is 13.2 Å². The Hall–Kier alpha value is -3.38. The van der Waals surface area contributed by atoms with Crippen LogP contribution in [0.15, 0.2) is 58.7 Å². The average Bonchev–Trinajstić information content (AvgIpc) is 2.62. The Morgan fingerprint density at radius 1 is 0.926 bits per heavy atom. The van der Waals surface area contributed by atoms with Gasteiger partial charge in [-0.1, -0.05) is 24.3 Å². The molecule has 2 aromatic rings. The first-order chi connectivity index (χ1) is 12.4. The van der Waals surface area contributed by atoms with Gasteiger partial charge < -0.3 is 0 Å². The quantitative estimate of drug-likeness (QED) is 0.421. The van der Waals surface area contributed by atoms with Gasteiger partial charge in [-0.3, -0.25) is 5.41 Å². The van der Waals surface area contributed by atoms with Crippen molar-refractivity contribution in [2.24, 2.45) is 10.2 Å². The molecule has 3 N–H and O–H groups in total. The molecule has 0 radical (unpaired) electrons. The van der Waals surface area contributed by atoms with Crippen molar-refractivity contribution in [1.82, 2.24) is 10.9 Å². The van der Waals surface area contributed by atoms with Crippen molar-refractivity contribution in [1.29, 1.82) is 10.7 Å². The maximum atomic E-state index is 12.4. The molecule has 0 aliphatic carbocycles. The third-order valence-electron chi connectivity index (χ3n) is 3.06. The molecular formula is C17H14ClF3N6. The lowest BCUT2D eigenvalue weighted by Crippen LogP contribution is -2.29. The van der Waals surface area contributed by atoms with Crippen LogP contribution in [-0.2, 0) is 6.18 Å². The fraction of sp³-hybridized carbons (Fsp3) is 0.0588. The number of rotatable bonds is 4. The zero-order valence-electron chi connectivity index (χ0n) is 13.7. The number of hydrogen-bond donors (Lipinski definition) is 3. The van der Waals surface area contributed by atoms with Gasteiger partial charge in [0.2, 0.25) is 5.96 Å². The van der Waals surface area contributed by atoms with Crippen LogP contribution in [-0.4, -0.2) is 18.4 Å². The van der Waals surface area contributed by atoms with Crippen molar-refractivity contribution < 1.29 is 13.2 Å². The monoisotopic (exact) mass is 394 g/mol. The van der Waals surface area contributed by atoms with Gasteiger partial charge in [0.05, 0.1) is 29.6 Å². The van der Waals surface area contributed by atoms with Crippen molar-refractivity contribution in [3.05, 3.63) is 70.8 Å². The van der Waals surface area contributed by atoms with Gasteiger partial charge in [-0.05, 0) is 35.4 Å². The maximum absolute atomic E-state index is 12.4. The highest BCUT2D eigenvalue weighted by atomic mass is 35.5. The molecular weight excluding hydrogens is 381 g/mol. The van der Waals surface area contributed by atoms with Gasteiger partial charge in [0.1, 0.15) is 0 Å². The Balaban J connectivity index is 0.00000364. The Morgan fingerprint density at radius 2 is 1.37 bits per heavy atom. The molecule has 0 saturated heterocycles. The highest BCUT2D eigenvalue weighted by Gasteiger charge is 2.29. The van der Waals surface area contributed by atoms with E-state index in [1.807, 2.05) is 6.07 Å². The zero-order chi connectivity index (χ0) is 19.0. The molecule has 0 bridgehead atoms. The molecule has 10 heteroatoms. The third-order valence-corrected chi connectivity index (χ3v) is 3.06. The summed E-state index contributed by atoms with van der Waals surface area (Å²) in [7, 11) is 0. The van der Waals surface area contributed by atoms with E-state index >= 15 is 0 Å². The molecule has 0 spiro atoms. The number of benzene rings is 2. The fourth-order valence-electron chi connectivity index (χ4n) is 1.77. The lowest BCUT2D eigenvalue weighted by molar-refractivity contribution is -0.137. The minimum atomic E-state index is -4.38. The first kappa shape index (κ1) is 21.7. The van der Waals surface area contributed by atoms with Crippen LogP contribution >= 0.6 is 12.4 Å². The van der Waals surface area contributed by atoms with Crippen LogP contribution in [0.2, 0.25) is 0 Å². The lowest BCUT2D eigenvalue weighted by Gasteiger charge is -2.05. The van der Waals surface area contributed by atoms with Crippen LogP contribution in [0.3, 0.4) is 0 Å². The van der Waals surface area contributed by atoms with E-state index in [9.17, 15) is 13.2 Å². The Morgan fingerprint density at radius 3 is 1.78 bits per heavy atom. The molecule has 0 unspecified atom stereocenters. The summed E-state index contributed by atoms with van der Waals surface area (Å²) in [5.74, 6) is -0.224. The number of nitriles is 1. The molecule has 0 saturated carbocycles. The third kappa shape index (κ3) is 7.17. The number of guanidine groups is 1. The molecule has 2 aromatic carbocycles. The second kappa shape index (κ2) is 9.94. The van der Waals surface area contributed by atoms with Crippen molar-refractivity contribution in [2.75, 3.05) is 0 Å². The Kier molecular flexibility index (Phi) is 7.97. The number of nitrogens with one attached hydrogen (secondary N) is 3. The van der Waals surface area contributed by atoms with E-state index in [2.05, 4.69) is 21.1 Å². The first-order valence-corrected chi connectivity index (χ1v) is 7.22. The van der Waals surface area contributed by atoms with Gasteiger partial charge in [-0.15, -0.1) is 12.4 Å². The van der Waals surface area contributed by atoms with Crippen LogP contribution in [0.5, 0.6) is 0 Å². The van der Waals surface area contributed by atoms with Gasteiger partial charge >= 0.3 is 6.18 Å². The number of halogens is 4. The minimum absolute atomic E-state index is 0. The summed E-state index contributed by atoms with van der Waals surface area (Å²) in [4.78, 5) is 0. The van der Waals surface area contributed by atoms with Gasteiger partial charge in [0, 0.05) is 0 Å². The van der Waals surface area contributed by atoms with Gasteiger partial charge in [-0.2, -0.15) is 28.6 Å². The summed E-state index contributed by atoms with van der Waals surface area (Å²) in [5, 5.41) is 23.8. The highest BCUT2D eigenvalue weighted by molar-refractivity contribution is 5.85. The van der Waals surface area contributed by atoms with Crippen LogP contribution in [0.1, 0.15) is 22.3 Å². The van der Waals surface area contributed by atoms with E-state index in [0.717, 1.165) is 17.7 Å². The van der Waals surface area contributed by atoms with E-state index in [1.165, 1.54) is 24.6 Å². The van der Waals surface area contributed by atoms with Gasteiger partial charge in [-0.25, -0.2) is 10.9 Å². The van der Waals surface area contributed by atoms with Crippen molar-refractivity contribution in [3.8, 4) is 6.07 Å². The molecule has 140 valence electrons. The van der Waals surface area contributed by atoms with Crippen molar-refractivity contribution in [2.45, 2.75) is 6.18 Å². The molecule has 0 fully saturated rings. The summed E-state index contributed by atoms with van der Waals surface area (Å²) in [6.07, 6.45) is -1.65. The summed E-state index contributed by atoms with van der Waals surface area (Å²) in [6.45, 7) is 0. The molecule has 0 atom stereocenters. The Labute approximate surface area is 159 Å². The number of hydrogen-bond acceptors (Lipinski definition) is 4. The number of hydrazone groups is 2. The lowest BCUT2D eigenvalue weighted by atomic mass is 10.1. The molecule has 0 heterocycles. The molecule has 6 nitrogen and oxygen atoms in total. The van der Waals surface area contributed by atoms with E-state index in [4.69, 9.17) is 10.7 Å². The molecule has 2 rings (SSSR count). The van der Waals surface area contributed by atoms with Crippen molar-refractivity contribution in [3.63, 3.8) is 0 Å². The van der Waals surface area contributed by atoms with Gasteiger partial charge in [0.25, 0.3) is 0 Å². The van der Waals surface area contributed by atoms with Crippen LogP contribution < -0.4 is 10.9 Å². The number of nitrogens with zero attached hydrogens (tertiary/aromatic N) is 3. The Bertz CT molecular complexity index is 852. The molecule has 0 aliphatic rings. The van der Waals surface area contributed by atoms with Crippen molar-refractivity contribution >= 4 is 30.8 Å². The van der Waals surface area contributed by atoms with E-state index < -0.39 is 11.7 Å². The van der Waals surface area contributed by atoms with Gasteiger partial charge in [0.15, 0.2) is 0 Å². The van der Waals surface area contributed by atoms with E-state index in [-0.39, 0.29) is 18.4 Å². The van der Waals surface area contributed by atoms with E-state index in [0.29, 0.717) is 11.1 Å². The summed E-state index contributed by atoms with van der Waals surface area (Å²) in [5.41, 5.74) is 5.70. The SMILES string of the molecule is Cl.N#Cc1ccc(C=NNC(=N)NN=Cc2ccc(C(F)(F)F)cc2)cc1. The number of alkyl halides is 3. The summed E-state index contributed by atoms with van der Waals surface area (Å²) < 4.78 is 37.3. The first-order valence-electron chi connectivity index (χ1n) is 7.22. The molecule has 0 amide bonds. The fourth-order valence-corrected chi connectivity index (χ4v) is 1.77. The topological polar surface area (TPSA) is 96.4 Å². The average molecular weight is 395 g/mol.